The Bertz CT molecular complexity index is 87.9. The predicted octanol–water partition coefficient (Wildman–Crippen LogP) is 0.260. The van der Waals surface area contributed by atoms with Crippen LogP contribution in [-0.4, -0.2) is 23.9 Å². The van der Waals surface area contributed by atoms with Crippen molar-refractivity contribution >= 4 is 18.0 Å². The van der Waals surface area contributed by atoms with Crippen molar-refractivity contribution in [3.8, 4) is 0 Å². The van der Waals surface area contributed by atoms with Crippen LogP contribution in [0.1, 0.15) is 6.42 Å². The first kappa shape index (κ1) is 8.74. The molecule has 0 aliphatic heterocycles. The van der Waals surface area contributed by atoms with E-state index in [-0.39, 0.29) is 6.42 Å². The van der Waals surface area contributed by atoms with Crippen molar-refractivity contribution in [1.29, 1.82) is 0 Å². The van der Waals surface area contributed by atoms with Crippen molar-refractivity contribution in [3.05, 3.63) is 0 Å². The van der Waals surface area contributed by atoms with Gasteiger partial charge in [-0.05, 0) is 0 Å². The lowest BCUT2D eigenvalue weighted by atomic mass is 10.4. The fraction of sp³-hybridized carbons (Fsp3) is 0.750. The molecular formula is C4H9NO3S. The van der Waals surface area contributed by atoms with Crippen molar-refractivity contribution in [1.82, 2.24) is 5.48 Å². The molecule has 0 fully saturated rings. The molecule has 0 aromatic rings. The van der Waals surface area contributed by atoms with Crippen LogP contribution in [0, 0.1) is 0 Å². The van der Waals surface area contributed by atoms with Gasteiger partial charge in [-0.1, -0.05) is 0 Å². The molecule has 0 aromatic carbocycles. The van der Waals surface area contributed by atoms with E-state index in [0.29, 0.717) is 6.54 Å². The molecule has 0 saturated carbocycles. The van der Waals surface area contributed by atoms with Gasteiger partial charge in [0.15, 0.2) is 0 Å². The zero-order chi connectivity index (χ0) is 7.11. The number of hydroxylamine groups is 1. The van der Waals surface area contributed by atoms with Crippen molar-refractivity contribution in [2.75, 3.05) is 12.8 Å². The first-order valence-electron chi connectivity index (χ1n) is 2.41. The number of aliphatic carboxylic acids is 1. The van der Waals surface area contributed by atoms with Crippen LogP contribution in [0.5, 0.6) is 0 Å². The second-order valence-corrected chi connectivity index (χ2v) is 1.79. The van der Waals surface area contributed by atoms with Crippen LogP contribution in [-0.2, 0) is 9.08 Å². The SMILES string of the molecule is CSONCCC(=O)O. The Hall–Kier alpha value is -0.260. The molecule has 54 valence electrons. The Morgan fingerprint density at radius 2 is 2.56 bits per heavy atom. The summed E-state index contributed by atoms with van der Waals surface area (Å²) in [5, 5.41) is 8.11. The van der Waals surface area contributed by atoms with Crippen LogP contribution in [0.15, 0.2) is 0 Å². The van der Waals surface area contributed by atoms with Crippen LogP contribution in [0.2, 0.25) is 0 Å². The lowest BCUT2D eigenvalue weighted by molar-refractivity contribution is -0.137. The standard InChI is InChI=1S/C4H9NO3S/c1-9-8-5-3-2-4(6)7/h5H,2-3H2,1H3,(H,6,7). The van der Waals surface area contributed by atoms with Gasteiger partial charge in [0, 0.05) is 24.8 Å². The number of nitrogens with one attached hydrogen (secondary N) is 1. The quantitative estimate of drug-likeness (QED) is 0.335. The van der Waals surface area contributed by atoms with Gasteiger partial charge in [-0.15, -0.1) is 0 Å². The number of carbonyl (C=O) groups is 1. The van der Waals surface area contributed by atoms with Gasteiger partial charge >= 0.3 is 5.97 Å². The van der Waals surface area contributed by atoms with E-state index in [4.69, 9.17) is 5.11 Å². The summed E-state index contributed by atoms with van der Waals surface area (Å²) >= 11 is 1.15. The first-order valence-corrected chi connectivity index (χ1v) is 3.56. The largest absolute Gasteiger partial charge is 0.481 e. The third-order valence-electron chi connectivity index (χ3n) is 0.583. The molecule has 0 heterocycles. The Morgan fingerprint density at radius 1 is 1.89 bits per heavy atom. The molecule has 0 spiro atoms. The van der Waals surface area contributed by atoms with Crippen molar-refractivity contribution in [2.45, 2.75) is 6.42 Å². The average molecular weight is 151 g/mol. The monoisotopic (exact) mass is 151 g/mol. The van der Waals surface area contributed by atoms with E-state index in [1.165, 1.54) is 0 Å². The van der Waals surface area contributed by atoms with Crippen molar-refractivity contribution in [3.63, 3.8) is 0 Å². The zero-order valence-electron chi connectivity index (χ0n) is 5.09. The molecule has 9 heavy (non-hydrogen) atoms. The van der Waals surface area contributed by atoms with Crippen LogP contribution < -0.4 is 5.48 Å². The third-order valence-corrected chi connectivity index (χ3v) is 0.868. The summed E-state index contributed by atoms with van der Waals surface area (Å²) in [4.78, 5) is 9.86. The third kappa shape index (κ3) is 7.74. The summed E-state index contributed by atoms with van der Waals surface area (Å²) in [5.74, 6) is -0.827. The average Bonchev–Trinajstić information content (AvgIpc) is 1.80. The fourth-order valence-electron chi connectivity index (χ4n) is 0.259. The molecule has 0 aliphatic rings. The summed E-state index contributed by atoms with van der Waals surface area (Å²) in [6, 6.07) is 0. The normalized spacial score (nSPS) is 9.44. The maximum atomic E-state index is 9.86. The topological polar surface area (TPSA) is 58.6 Å². The molecule has 5 heteroatoms. The minimum absolute atomic E-state index is 0.0839. The van der Waals surface area contributed by atoms with Crippen molar-refractivity contribution in [2.24, 2.45) is 0 Å². The molecule has 0 radical (unpaired) electrons. The number of carboxylic acids is 1. The molecule has 0 aromatic heterocycles. The molecule has 0 unspecified atom stereocenters. The summed E-state index contributed by atoms with van der Waals surface area (Å²) < 4.78 is 4.59. The molecule has 2 N–H and O–H groups in total. The molecule has 0 saturated heterocycles. The highest BCUT2D eigenvalue weighted by atomic mass is 32.2. The van der Waals surface area contributed by atoms with Gasteiger partial charge in [0.2, 0.25) is 0 Å². The van der Waals surface area contributed by atoms with Crippen LogP contribution in [0.3, 0.4) is 0 Å². The molecule has 4 nitrogen and oxygen atoms in total. The van der Waals surface area contributed by atoms with E-state index in [0.717, 1.165) is 12.0 Å². The van der Waals surface area contributed by atoms with Gasteiger partial charge < -0.3 is 5.11 Å². The van der Waals surface area contributed by atoms with Crippen molar-refractivity contribution < 1.29 is 14.2 Å². The Labute approximate surface area is 57.7 Å². The van der Waals surface area contributed by atoms with E-state index >= 15 is 0 Å². The van der Waals surface area contributed by atoms with Gasteiger partial charge in [0.05, 0.1) is 6.42 Å². The lowest BCUT2D eigenvalue weighted by Crippen LogP contribution is -2.15. The Kier molecular flexibility index (Phi) is 5.70. The fourth-order valence-corrected chi connectivity index (χ4v) is 0.460. The first-order chi connectivity index (χ1) is 4.27. The molecule has 0 rings (SSSR count). The van der Waals surface area contributed by atoms with E-state index in [2.05, 4.69) is 9.76 Å². The van der Waals surface area contributed by atoms with Crippen LogP contribution >= 0.6 is 12.0 Å². The van der Waals surface area contributed by atoms with Gasteiger partial charge in [0.1, 0.15) is 0 Å². The van der Waals surface area contributed by atoms with Crippen LogP contribution in [0.4, 0.5) is 0 Å². The highest BCUT2D eigenvalue weighted by Crippen LogP contribution is 1.88. The molecule has 0 aliphatic carbocycles. The Morgan fingerprint density at radius 3 is 3.00 bits per heavy atom. The number of hydrogen-bond donors (Lipinski definition) is 2. The smallest absolute Gasteiger partial charge is 0.304 e. The molecule has 0 bridgehead atoms. The van der Waals surface area contributed by atoms with E-state index in [9.17, 15) is 4.79 Å². The predicted molar refractivity (Wildman–Crippen MR) is 34.9 cm³/mol. The van der Waals surface area contributed by atoms with E-state index in [1.54, 1.807) is 6.26 Å². The summed E-state index contributed by atoms with van der Waals surface area (Å²) in [5.41, 5.74) is 2.45. The van der Waals surface area contributed by atoms with Gasteiger partial charge in [0.25, 0.3) is 0 Å². The minimum atomic E-state index is -0.827. The van der Waals surface area contributed by atoms with E-state index < -0.39 is 5.97 Å². The maximum Gasteiger partial charge on any atom is 0.304 e. The second kappa shape index (κ2) is 5.87. The van der Waals surface area contributed by atoms with Gasteiger partial charge in [-0.3, -0.25) is 4.79 Å². The minimum Gasteiger partial charge on any atom is -0.481 e. The molecule has 0 atom stereocenters. The maximum absolute atomic E-state index is 9.86. The highest BCUT2D eigenvalue weighted by Gasteiger charge is 1.93. The Balaban J connectivity index is 2.83. The van der Waals surface area contributed by atoms with Crippen LogP contribution in [0.25, 0.3) is 0 Å². The molecular weight excluding hydrogens is 142 g/mol. The molecule has 0 amide bonds. The highest BCUT2D eigenvalue weighted by molar-refractivity contribution is 7.93. The number of rotatable bonds is 5. The van der Waals surface area contributed by atoms with Gasteiger partial charge in [-0.25, -0.2) is 4.28 Å². The zero-order valence-corrected chi connectivity index (χ0v) is 5.90. The van der Waals surface area contributed by atoms with E-state index in [1.807, 2.05) is 0 Å². The number of carboxylic acid groups (broad SMARTS) is 1. The summed E-state index contributed by atoms with van der Waals surface area (Å²) in [6.45, 7) is 0.343. The van der Waals surface area contributed by atoms with Gasteiger partial charge in [-0.2, -0.15) is 5.48 Å². The lowest BCUT2D eigenvalue weighted by Gasteiger charge is -1.97. The summed E-state index contributed by atoms with van der Waals surface area (Å²) in [7, 11) is 0. The summed E-state index contributed by atoms with van der Waals surface area (Å²) in [6.07, 6.45) is 1.83. The number of hydrogen-bond acceptors (Lipinski definition) is 4. The second-order valence-electron chi connectivity index (χ2n) is 1.29.